The zero-order valence-electron chi connectivity index (χ0n) is 26.2. The van der Waals surface area contributed by atoms with Gasteiger partial charge < -0.3 is 0 Å². The SMILES string of the molecule is c1cc(-c2ccc3[nH]ncc3c2)c2cccnc2c1.c1cc(-c2ccc3[nH]ncc3c2)ccn1.c1cncc(-c2ccc3[nH]ncc3c2)c1. The fourth-order valence-corrected chi connectivity index (χ4v) is 5.79. The van der Waals surface area contributed by atoms with Gasteiger partial charge in [0.25, 0.3) is 0 Å². The van der Waals surface area contributed by atoms with E-state index in [1.807, 2.05) is 85.6 Å². The zero-order valence-corrected chi connectivity index (χ0v) is 26.2. The molecule has 0 aliphatic rings. The van der Waals surface area contributed by atoms with Crippen LogP contribution in [0.1, 0.15) is 0 Å². The van der Waals surface area contributed by atoms with Gasteiger partial charge in [0.05, 0.1) is 40.7 Å². The summed E-state index contributed by atoms with van der Waals surface area (Å²) in [6.07, 6.45) is 14.6. The van der Waals surface area contributed by atoms with Gasteiger partial charge in [0, 0.05) is 58.1 Å². The average molecular weight is 636 g/mol. The lowest BCUT2D eigenvalue weighted by atomic mass is 10.00. The first-order chi connectivity index (χ1) is 24.3. The Morgan fingerprint density at radius 3 is 1.61 bits per heavy atom. The third kappa shape index (κ3) is 6.36. The standard InChI is InChI=1S/C16H11N3.2C12H9N3/c1-3-13(14-4-2-8-17-16(14)5-1)11-6-7-15-12(9-11)10-18-19-15;1-2-12-11(8-14-15-12)7-10(1)9-3-5-13-6-4-9;1-2-10(7-13-5-1)9-3-4-12-11(6-9)8-14-15-12/h1-10H,(H,18,19);2*1-8H,(H,14,15). The molecule has 10 rings (SSSR count). The van der Waals surface area contributed by atoms with Crippen molar-refractivity contribution in [3.05, 3.63) is 159 Å². The summed E-state index contributed by atoms with van der Waals surface area (Å²) in [5.74, 6) is 0. The van der Waals surface area contributed by atoms with Crippen molar-refractivity contribution in [2.75, 3.05) is 0 Å². The predicted octanol–water partition coefficient (Wildman–Crippen LogP) is 9.03. The van der Waals surface area contributed by atoms with Crippen LogP contribution in [-0.4, -0.2) is 45.5 Å². The van der Waals surface area contributed by atoms with Gasteiger partial charge in [-0.3, -0.25) is 30.2 Å². The van der Waals surface area contributed by atoms with Crippen LogP contribution in [0.2, 0.25) is 0 Å². The molecule has 0 unspecified atom stereocenters. The molecule has 0 atom stereocenters. The molecule has 0 amide bonds. The first-order valence-electron chi connectivity index (χ1n) is 15.7. The van der Waals surface area contributed by atoms with Crippen molar-refractivity contribution in [2.24, 2.45) is 0 Å². The summed E-state index contributed by atoms with van der Waals surface area (Å²) in [5.41, 5.74) is 11.2. The van der Waals surface area contributed by atoms with Crippen molar-refractivity contribution in [3.63, 3.8) is 0 Å². The summed E-state index contributed by atoms with van der Waals surface area (Å²) in [6.45, 7) is 0. The maximum absolute atomic E-state index is 4.40. The van der Waals surface area contributed by atoms with Gasteiger partial charge in [0.2, 0.25) is 0 Å². The quantitative estimate of drug-likeness (QED) is 0.178. The van der Waals surface area contributed by atoms with E-state index in [1.54, 1.807) is 18.6 Å². The van der Waals surface area contributed by atoms with Crippen molar-refractivity contribution in [3.8, 4) is 33.4 Å². The Kier molecular flexibility index (Phi) is 8.03. The monoisotopic (exact) mass is 635 g/mol. The summed E-state index contributed by atoms with van der Waals surface area (Å²) in [5, 5.41) is 25.4. The van der Waals surface area contributed by atoms with Gasteiger partial charge >= 0.3 is 0 Å². The van der Waals surface area contributed by atoms with Gasteiger partial charge in [0.1, 0.15) is 0 Å². The van der Waals surface area contributed by atoms with E-state index in [0.717, 1.165) is 49.4 Å². The first-order valence-corrected chi connectivity index (χ1v) is 15.7. The lowest BCUT2D eigenvalue weighted by Gasteiger charge is -2.06. The van der Waals surface area contributed by atoms with E-state index in [9.17, 15) is 0 Å². The Labute approximate surface area is 280 Å². The van der Waals surface area contributed by atoms with Gasteiger partial charge in [0.15, 0.2) is 0 Å². The number of benzene rings is 4. The molecule has 0 fully saturated rings. The minimum atomic E-state index is 1.02. The first kappa shape index (κ1) is 29.4. The highest BCUT2D eigenvalue weighted by Crippen LogP contribution is 2.29. The van der Waals surface area contributed by atoms with Crippen molar-refractivity contribution in [1.82, 2.24) is 45.5 Å². The molecule has 6 heterocycles. The molecule has 0 bridgehead atoms. The second kappa shape index (κ2) is 13.4. The number of nitrogens with one attached hydrogen (secondary N) is 3. The summed E-state index contributed by atoms with van der Waals surface area (Å²) in [6, 6.07) is 37.1. The van der Waals surface area contributed by atoms with E-state index in [1.165, 1.54) is 27.6 Å². The summed E-state index contributed by atoms with van der Waals surface area (Å²) in [7, 11) is 0. The second-order valence-electron chi connectivity index (χ2n) is 11.4. The molecule has 0 aliphatic carbocycles. The molecule has 234 valence electrons. The highest BCUT2D eigenvalue weighted by Gasteiger charge is 2.06. The largest absolute Gasteiger partial charge is 0.278 e. The topological polar surface area (TPSA) is 125 Å². The minimum Gasteiger partial charge on any atom is -0.278 e. The Balaban J connectivity index is 0.000000108. The summed E-state index contributed by atoms with van der Waals surface area (Å²) < 4.78 is 0. The molecular formula is C40H29N9. The van der Waals surface area contributed by atoms with Crippen molar-refractivity contribution in [2.45, 2.75) is 0 Å². The van der Waals surface area contributed by atoms with Gasteiger partial charge in [-0.1, -0.05) is 42.5 Å². The number of nitrogens with zero attached hydrogens (tertiary/aromatic N) is 6. The third-order valence-electron chi connectivity index (χ3n) is 8.29. The highest BCUT2D eigenvalue weighted by molar-refractivity contribution is 5.96. The van der Waals surface area contributed by atoms with E-state index in [2.05, 4.69) is 100 Å². The van der Waals surface area contributed by atoms with E-state index >= 15 is 0 Å². The maximum atomic E-state index is 4.40. The maximum Gasteiger partial charge on any atom is 0.0708 e. The van der Waals surface area contributed by atoms with E-state index in [0.29, 0.717) is 0 Å². The Hall–Kier alpha value is -7.00. The lowest BCUT2D eigenvalue weighted by molar-refractivity contribution is 1.12. The van der Waals surface area contributed by atoms with Crippen molar-refractivity contribution in [1.29, 1.82) is 0 Å². The molecular weight excluding hydrogens is 607 g/mol. The molecule has 6 aromatic heterocycles. The van der Waals surface area contributed by atoms with Crippen LogP contribution in [0, 0.1) is 0 Å². The third-order valence-corrected chi connectivity index (χ3v) is 8.29. The van der Waals surface area contributed by atoms with Gasteiger partial charge in [-0.05, 0) is 94.5 Å². The van der Waals surface area contributed by atoms with Gasteiger partial charge in [-0.15, -0.1) is 0 Å². The molecule has 0 saturated heterocycles. The second-order valence-corrected chi connectivity index (χ2v) is 11.4. The van der Waals surface area contributed by atoms with Crippen LogP contribution in [0.4, 0.5) is 0 Å². The van der Waals surface area contributed by atoms with E-state index in [-0.39, 0.29) is 0 Å². The fourth-order valence-electron chi connectivity index (χ4n) is 5.79. The number of fused-ring (bicyclic) bond motifs is 4. The molecule has 4 aromatic carbocycles. The summed E-state index contributed by atoms with van der Waals surface area (Å²) in [4.78, 5) is 12.5. The number of rotatable bonds is 3. The number of H-pyrrole nitrogens is 3. The molecule has 9 nitrogen and oxygen atoms in total. The van der Waals surface area contributed by atoms with E-state index in [4.69, 9.17) is 0 Å². The molecule has 3 N–H and O–H groups in total. The molecule has 0 saturated carbocycles. The van der Waals surface area contributed by atoms with Crippen LogP contribution in [0.15, 0.2) is 159 Å². The van der Waals surface area contributed by atoms with Crippen LogP contribution in [0.5, 0.6) is 0 Å². The van der Waals surface area contributed by atoms with Gasteiger partial charge in [-0.25, -0.2) is 0 Å². The number of pyridine rings is 3. The zero-order chi connectivity index (χ0) is 32.8. The molecule has 9 heteroatoms. The Bertz CT molecular complexity index is 2510. The fraction of sp³-hybridized carbons (Fsp3) is 0. The molecule has 0 aliphatic heterocycles. The number of hydrogen-bond donors (Lipinski definition) is 3. The minimum absolute atomic E-state index is 1.02. The van der Waals surface area contributed by atoms with Crippen LogP contribution in [0.3, 0.4) is 0 Å². The van der Waals surface area contributed by atoms with Crippen LogP contribution >= 0.6 is 0 Å². The number of hydrogen-bond acceptors (Lipinski definition) is 6. The van der Waals surface area contributed by atoms with Crippen molar-refractivity contribution >= 4 is 43.6 Å². The Morgan fingerprint density at radius 2 is 0.980 bits per heavy atom. The smallest absolute Gasteiger partial charge is 0.0708 e. The lowest BCUT2D eigenvalue weighted by Crippen LogP contribution is -1.83. The Morgan fingerprint density at radius 1 is 0.388 bits per heavy atom. The van der Waals surface area contributed by atoms with Crippen LogP contribution < -0.4 is 0 Å². The van der Waals surface area contributed by atoms with Crippen LogP contribution in [0.25, 0.3) is 77.0 Å². The highest BCUT2D eigenvalue weighted by atomic mass is 15.1. The van der Waals surface area contributed by atoms with Gasteiger partial charge in [-0.2, -0.15) is 15.3 Å². The number of aromatic nitrogens is 9. The molecule has 49 heavy (non-hydrogen) atoms. The predicted molar refractivity (Wildman–Crippen MR) is 195 cm³/mol. The molecule has 10 aromatic rings. The molecule has 0 spiro atoms. The summed E-state index contributed by atoms with van der Waals surface area (Å²) >= 11 is 0. The average Bonchev–Trinajstić information content (AvgIpc) is 3.96. The van der Waals surface area contributed by atoms with Crippen LogP contribution in [-0.2, 0) is 0 Å². The van der Waals surface area contributed by atoms with E-state index < -0.39 is 0 Å². The normalized spacial score (nSPS) is 10.9. The van der Waals surface area contributed by atoms with Crippen molar-refractivity contribution < 1.29 is 0 Å². The number of aromatic amines is 3. The molecule has 0 radical (unpaired) electrons.